The van der Waals surface area contributed by atoms with Crippen molar-refractivity contribution in [1.82, 2.24) is 0 Å². The van der Waals surface area contributed by atoms with Gasteiger partial charge in [0.05, 0.1) is 0 Å². The minimum atomic E-state index is 0.575. The molecule has 0 amide bonds. The van der Waals surface area contributed by atoms with E-state index in [1.54, 1.807) is 0 Å². The lowest BCUT2D eigenvalue weighted by atomic mass is 10.2. The van der Waals surface area contributed by atoms with E-state index in [1.165, 1.54) is 10.5 Å². The second kappa shape index (κ2) is 6.11. The zero-order chi connectivity index (χ0) is 9.52. The Balaban J connectivity index is 2.73. The number of halogens is 1. The van der Waals surface area contributed by atoms with E-state index >= 15 is 0 Å². The molecule has 0 atom stereocenters. The molecule has 1 aromatic rings. The van der Waals surface area contributed by atoms with Gasteiger partial charge in [0.2, 0.25) is 0 Å². The van der Waals surface area contributed by atoms with Gasteiger partial charge in [0, 0.05) is 10.8 Å². The van der Waals surface area contributed by atoms with Crippen molar-refractivity contribution < 1.29 is 0 Å². The average Bonchev–Trinajstić information content (AvgIpc) is 2.16. The zero-order valence-corrected chi connectivity index (χ0v) is 9.24. The summed E-state index contributed by atoms with van der Waals surface area (Å²) < 4.78 is 0. The van der Waals surface area contributed by atoms with Crippen LogP contribution in [-0.4, -0.2) is 11.6 Å². The third-order valence-corrected chi connectivity index (χ3v) is 2.62. The highest BCUT2D eigenvalue weighted by molar-refractivity contribution is 7.99. The van der Waals surface area contributed by atoms with Gasteiger partial charge in [-0.2, -0.15) is 0 Å². The molecule has 0 aliphatic heterocycles. The minimum absolute atomic E-state index is 0.575. The molecule has 0 nitrogen and oxygen atoms in total. The molecule has 0 spiro atoms. The molecule has 0 saturated heterocycles. The van der Waals surface area contributed by atoms with Crippen LogP contribution in [0.5, 0.6) is 0 Å². The zero-order valence-electron chi connectivity index (χ0n) is 7.66. The summed E-state index contributed by atoms with van der Waals surface area (Å²) in [7, 11) is 0. The third kappa shape index (κ3) is 3.88. The number of benzene rings is 1. The summed E-state index contributed by atoms with van der Waals surface area (Å²) in [5, 5.41) is 0. The molecule has 0 bridgehead atoms. The van der Waals surface area contributed by atoms with E-state index in [4.69, 9.17) is 11.6 Å². The molecule has 0 unspecified atom stereocenters. The Morgan fingerprint density at radius 1 is 1.46 bits per heavy atom. The molecule has 1 aromatic carbocycles. The monoisotopic (exact) mass is 212 g/mol. The van der Waals surface area contributed by atoms with Gasteiger partial charge in [0.1, 0.15) is 0 Å². The van der Waals surface area contributed by atoms with E-state index in [9.17, 15) is 0 Å². The highest BCUT2D eigenvalue weighted by atomic mass is 35.5. The normalized spacial score (nSPS) is 10.9. The van der Waals surface area contributed by atoms with Gasteiger partial charge in [-0.3, -0.25) is 0 Å². The van der Waals surface area contributed by atoms with Gasteiger partial charge in [-0.25, -0.2) is 0 Å². The third-order valence-electron chi connectivity index (χ3n) is 1.57. The predicted molar refractivity (Wildman–Crippen MR) is 62.6 cm³/mol. The standard InChI is InChI=1S/C11H13ClS/c1-2-13-11-7-3-5-10(9-11)6-4-8-12/h3-7,9H,2,8H2,1H3. The summed E-state index contributed by atoms with van der Waals surface area (Å²) in [5.41, 5.74) is 1.22. The van der Waals surface area contributed by atoms with Crippen LogP contribution in [0.25, 0.3) is 6.08 Å². The topological polar surface area (TPSA) is 0 Å². The number of hydrogen-bond acceptors (Lipinski definition) is 1. The Kier molecular flexibility index (Phi) is 5.02. The van der Waals surface area contributed by atoms with Gasteiger partial charge in [0.25, 0.3) is 0 Å². The molecule has 0 saturated carbocycles. The van der Waals surface area contributed by atoms with Gasteiger partial charge in [-0.1, -0.05) is 31.2 Å². The van der Waals surface area contributed by atoms with E-state index < -0.39 is 0 Å². The minimum Gasteiger partial charge on any atom is -0.126 e. The van der Waals surface area contributed by atoms with Crippen molar-refractivity contribution in [2.24, 2.45) is 0 Å². The van der Waals surface area contributed by atoms with Crippen LogP contribution in [0.2, 0.25) is 0 Å². The Bertz CT molecular complexity index is 281. The van der Waals surface area contributed by atoms with E-state index in [-0.39, 0.29) is 0 Å². The number of alkyl halides is 1. The average molecular weight is 213 g/mol. The summed E-state index contributed by atoms with van der Waals surface area (Å²) in [5.74, 6) is 1.69. The molecule has 0 aliphatic carbocycles. The fourth-order valence-corrected chi connectivity index (χ4v) is 1.87. The van der Waals surface area contributed by atoms with E-state index in [1.807, 2.05) is 23.9 Å². The van der Waals surface area contributed by atoms with E-state index in [2.05, 4.69) is 31.2 Å². The van der Waals surface area contributed by atoms with Gasteiger partial charge in [-0.15, -0.1) is 23.4 Å². The number of rotatable bonds is 4. The van der Waals surface area contributed by atoms with Crippen molar-refractivity contribution in [3.8, 4) is 0 Å². The van der Waals surface area contributed by atoms with Gasteiger partial charge in [0.15, 0.2) is 0 Å². The van der Waals surface area contributed by atoms with Crippen molar-refractivity contribution in [3.05, 3.63) is 35.9 Å². The van der Waals surface area contributed by atoms with Crippen LogP contribution in [-0.2, 0) is 0 Å². The molecule has 70 valence electrons. The van der Waals surface area contributed by atoms with Crippen LogP contribution < -0.4 is 0 Å². The van der Waals surface area contributed by atoms with Crippen molar-refractivity contribution >= 4 is 29.4 Å². The van der Waals surface area contributed by atoms with Crippen LogP contribution in [0.3, 0.4) is 0 Å². The van der Waals surface area contributed by atoms with Gasteiger partial charge >= 0.3 is 0 Å². The van der Waals surface area contributed by atoms with Crippen LogP contribution in [0, 0.1) is 0 Å². The Morgan fingerprint density at radius 2 is 2.31 bits per heavy atom. The van der Waals surface area contributed by atoms with Crippen molar-refractivity contribution in [2.75, 3.05) is 11.6 Å². The van der Waals surface area contributed by atoms with Crippen molar-refractivity contribution in [3.63, 3.8) is 0 Å². The second-order valence-electron chi connectivity index (χ2n) is 2.56. The molecule has 0 fully saturated rings. The van der Waals surface area contributed by atoms with Crippen molar-refractivity contribution in [2.45, 2.75) is 11.8 Å². The van der Waals surface area contributed by atoms with E-state index in [0.29, 0.717) is 5.88 Å². The summed E-state index contributed by atoms with van der Waals surface area (Å²) in [4.78, 5) is 1.32. The lowest BCUT2D eigenvalue weighted by molar-refractivity contribution is 1.41. The maximum atomic E-state index is 5.56. The summed E-state index contributed by atoms with van der Waals surface area (Å²) in [6.07, 6.45) is 4.00. The Hall–Kier alpha value is -0.400. The molecule has 13 heavy (non-hydrogen) atoms. The van der Waals surface area contributed by atoms with E-state index in [0.717, 1.165) is 5.75 Å². The fourth-order valence-electron chi connectivity index (χ4n) is 1.06. The lowest BCUT2D eigenvalue weighted by Gasteiger charge is -1.99. The Labute approximate surface area is 89.0 Å². The maximum absolute atomic E-state index is 5.56. The van der Waals surface area contributed by atoms with Crippen molar-refractivity contribution in [1.29, 1.82) is 0 Å². The first-order valence-corrected chi connectivity index (χ1v) is 5.84. The largest absolute Gasteiger partial charge is 0.126 e. The first-order chi connectivity index (χ1) is 6.36. The number of thioether (sulfide) groups is 1. The smallest absolute Gasteiger partial charge is 0.0407 e. The molecule has 1 rings (SSSR count). The SMILES string of the molecule is CCSc1cccc(C=CCCl)c1. The van der Waals surface area contributed by atoms with Crippen LogP contribution in [0.15, 0.2) is 35.2 Å². The van der Waals surface area contributed by atoms with Gasteiger partial charge in [-0.05, 0) is 23.4 Å². The summed E-state index contributed by atoms with van der Waals surface area (Å²) >= 11 is 7.42. The molecule has 2 heteroatoms. The fraction of sp³-hybridized carbons (Fsp3) is 0.273. The molecule has 0 N–H and O–H groups in total. The number of hydrogen-bond donors (Lipinski definition) is 0. The highest BCUT2D eigenvalue weighted by Crippen LogP contribution is 2.19. The first kappa shape index (κ1) is 10.7. The first-order valence-electron chi connectivity index (χ1n) is 4.32. The quantitative estimate of drug-likeness (QED) is 0.536. The van der Waals surface area contributed by atoms with Crippen LogP contribution >= 0.6 is 23.4 Å². The lowest BCUT2D eigenvalue weighted by Crippen LogP contribution is -1.75. The molecular weight excluding hydrogens is 200 g/mol. The predicted octanol–water partition coefficient (Wildman–Crippen LogP) is 4.05. The van der Waals surface area contributed by atoms with Crippen LogP contribution in [0.4, 0.5) is 0 Å². The van der Waals surface area contributed by atoms with Crippen LogP contribution in [0.1, 0.15) is 12.5 Å². The molecule has 0 aromatic heterocycles. The maximum Gasteiger partial charge on any atom is 0.0407 e. The molecule has 0 heterocycles. The summed E-state index contributed by atoms with van der Waals surface area (Å²) in [6, 6.07) is 8.47. The molecular formula is C11H13ClS. The van der Waals surface area contributed by atoms with Gasteiger partial charge < -0.3 is 0 Å². The Morgan fingerprint density at radius 3 is 3.00 bits per heavy atom. The highest BCUT2D eigenvalue weighted by Gasteiger charge is 1.91. The second-order valence-corrected chi connectivity index (χ2v) is 4.21. The molecule has 0 aliphatic rings. The molecule has 0 radical (unpaired) electrons. The summed E-state index contributed by atoms with van der Waals surface area (Å²) in [6.45, 7) is 2.16. The number of allylic oxidation sites excluding steroid dienone is 1.